The number of carbonyl (C=O) groups is 1. The Morgan fingerprint density at radius 2 is 1.75 bits per heavy atom. The first-order chi connectivity index (χ1) is 7.74. The van der Waals surface area contributed by atoms with Gasteiger partial charge in [-0.15, -0.1) is 0 Å². The van der Waals surface area contributed by atoms with Crippen LogP contribution in [0.15, 0.2) is 0 Å². The highest BCUT2D eigenvalue weighted by Gasteiger charge is 2.48. The summed E-state index contributed by atoms with van der Waals surface area (Å²) in [5.74, 6) is 2.16. The lowest BCUT2D eigenvalue weighted by molar-refractivity contribution is -0.127. The summed E-state index contributed by atoms with van der Waals surface area (Å²) < 4.78 is 0. The second-order valence-electron chi connectivity index (χ2n) is 5.89. The second-order valence-corrected chi connectivity index (χ2v) is 5.89. The van der Waals surface area contributed by atoms with Crippen molar-refractivity contribution in [1.29, 1.82) is 0 Å². The van der Waals surface area contributed by atoms with Crippen LogP contribution in [-0.2, 0) is 4.79 Å². The summed E-state index contributed by atoms with van der Waals surface area (Å²) in [4.78, 5) is 12.0. The average Bonchev–Trinajstić information content (AvgIpc) is 2.89. The summed E-state index contributed by atoms with van der Waals surface area (Å²) in [6.07, 6.45) is 7.27. The summed E-state index contributed by atoms with van der Waals surface area (Å²) in [7, 11) is 0. The van der Waals surface area contributed by atoms with E-state index in [1.807, 2.05) is 0 Å². The molecule has 1 amide bonds. The third-order valence-electron chi connectivity index (χ3n) is 4.67. The predicted molar refractivity (Wildman–Crippen MR) is 60.7 cm³/mol. The number of carbonyl (C=O) groups excluding carboxylic acids is 1. The molecular formula is C13H21NO2. The monoisotopic (exact) mass is 223 g/mol. The molecule has 3 aliphatic rings. The molecule has 0 spiro atoms. The predicted octanol–water partition coefficient (Wildman–Crippen LogP) is 1.45. The highest BCUT2D eigenvalue weighted by molar-refractivity contribution is 5.79. The van der Waals surface area contributed by atoms with E-state index in [4.69, 9.17) is 0 Å². The third-order valence-corrected chi connectivity index (χ3v) is 4.67. The first-order valence-corrected chi connectivity index (χ1v) is 6.72. The minimum atomic E-state index is -0.311. The number of amides is 1. The SMILES string of the molecule is O=C(N[C@H]1CCCC[C@@H]1O)C1CC2CC2C1. The molecule has 3 saturated carbocycles. The van der Waals surface area contributed by atoms with Crippen LogP contribution in [0, 0.1) is 17.8 Å². The molecule has 0 aromatic heterocycles. The van der Waals surface area contributed by atoms with Gasteiger partial charge in [-0.1, -0.05) is 12.8 Å². The van der Waals surface area contributed by atoms with Gasteiger partial charge in [0.15, 0.2) is 0 Å². The van der Waals surface area contributed by atoms with E-state index in [-0.39, 0.29) is 24.0 Å². The van der Waals surface area contributed by atoms with E-state index in [9.17, 15) is 9.90 Å². The number of nitrogens with one attached hydrogen (secondary N) is 1. The summed E-state index contributed by atoms with van der Waals surface area (Å²) in [6.45, 7) is 0. The lowest BCUT2D eigenvalue weighted by Gasteiger charge is -2.29. The maximum absolute atomic E-state index is 12.0. The van der Waals surface area contributed by atoms with Gasteiger partial charge in [-0.2, -0.15) is 0 Å². The zero-order valence-corrected chi connectivity index (χ0v) is 9.69. The average molecular weight is 223 g/mol. The molecule has 0 aromatic carbocycles. The minimum absolute atomic E-state index is 0.0261. The van der Waals surface area contributed by atoms with Crippen LogP contribution in [0.2, 0.25) is 0 Å². The summed E-state index contributed by atoms with van der Waals surface area (Å²) in [5, 5.41) is 12.9. The van der Waals surface area contributed by atoms with Crippen molar-refractivity contribution in [3.8, 4) is 0 Å². The first-order valence-electron chi connectivity index (χ1n) is 6.72. The van der Waals surface area contributed by atoms with E-state index in [1.165, 1.54) is 6.42 Å². The van der Waals surface area contributed by atoms with Crippen molar-refractivity contribution in [3.05, 3.63) is 0 Å². The van der Waals surface area contributed by atoms with Crippen LogP contribution < -0.4 is 5.32 Å². The molecule has 90 valence electrons. The standard InChI is InChI=1S/C13H21NO2/c15-12-4-2-1-3-11(12)14-13(16)10-6-8-5-9(8)7-10/h8-12,15H,1-7H2,(H,14,16)/t8?,9?,10?,11-,12-/m0/s1. The van der Waals surface area contributed by atoms with Crippen LogP contribution in [0.5, 0.6) is 0 Å². The molecule has 3 aliphatic carbocycles. The molecule has 3 rings (SSSR count). The van der Waals surface area contributed by atoms with Gasteiger partial charge in [0.25, 0.3) is 0 Å². The van der Waals surface area contributed by atoms with Gasteiger partial charge < -0.3 is 10.4 Å². The van der Waals surface area contributed by atoms with E-state index in [1.54, 1.807) is 0 Å². The van der Waals surface area contributed by atoms with Crippen LogP contribution in [0.3, 0.4) is 0 Å². The van der Waals surface area contributed by atoms with Crippen molar-refractivity contribution in [1.82, 2.24) is 5.32 Å². The maximum atomic E-state index is 12.0. The minimum Gasteiger partial charge on any atom is -0.391 e. The number of fused-ring (bicyclic) bond motifs is 1. The highest BCUT2D eigenvalue weighted by Crippen LogP contribution is 2.54. The molecule has 0 bridgehead atoms. The molecule has 3 nitrogen and oxygen atoms in total. The number of aliphatic hydroxyl groups is 1. The van der Waals surface area contributed by atoms with Crippen LogP contribution in [-0.4, -0.2) is 23.2 Å². The summed E-state index contributed by atoms with van der Waals surface area (Å²) >= 11 is 0. The topological polar surface area (TPSA) is 49.3 Å². The zero-order valence-electron chi connectivity index (χ0n) is 9.69. The maximum Gasteiger partial charge on any atom is 0.223 e. The Morgan fingerprint density at radius 1 is 1.06 bits per heavy atom. The zero-order chi connectivity index (χ0) is 11.1. The molecule has 0 heterocycles. The Bertz CT molecular complexity index is 282. The van der Waals surface area contributed by atoms with Crippen molar-refractivity contribution < 1.29 is 9.90 Å². The van der Waals surface area contributed by atoms with Crippen LogP contribution in [0.1, 0.15) is 44.9 Å². The second kappa shape index (κ2) is 4.02. The van der Waals surface area contributed by atoms with E-state index < -0.39 is 0 Å². The lowest BCUT2D eigenvalue weighted by Crippen LogP contribution is -2.47. The Kier molecular flexibility index (Phi) is 2.66. The van der Waals surface area contributed by atoms with Gasteiger partial charge in [0.2, 0.25) is 5.91 Å². The molecule has 16 heavy (non-hydrogen) atoms. The fraction of sp³-hybridized carbons (Fsp3) is 0.923. The van der Waals surface area contributed by atoms with Crippen LogP contribution in [0.25, 0.3) is 0 Å². The number of aliphatic hydroxyl groups excluding tert-OH is 1. The molecular weight excluding hydrogens is 202 g/mol. The Balaban J connectivity index is 1.51. The molecule has 3 heteroatoms. The molecule has 3 fully saturated rings. The van der Waals surface area contributed by atoms with Crippen molar-refractivity contribution in [2.75, 3.05) is 0 Å². The fourth-order valence-electron chi connectivity index (χ4n) is 3.51. The van der Waals surface area contributed by atoms with Crippen molar-refractivity contribution >= 4 is 5.91 Å². The number of hydrogen-bond acceptors (Lipinski definition) is 2. The fourth-order valence-corrected chi connectivity index (χ4v) is 3.51. The van der Waals surface area contributed by atoms with E-state index >= 15 is 0 Å². The van der Waals surface area contributed by atoms with Gasteiger partial charge in [0, 0.05) is 5.92 Å². The molecule has 0 saturated heterocycles. The smallest absolute Gasteiger partial charge is 0.223 e. The van der Waals surface area contributed by atoms with Gasteiger partial charge >= 0.3 is 0 Å². The first kappa shape index (κ1) is 10.6. The van der Waals surface area contributed by atoms with Crippen molar-refractivity contribution in [2.24, 2.45) is 17.8 Å². The van der Waals surface area contributed by atoms with E-state index in [0.29, 0.717) is 0 Å². The van der Waals surface area contributed by atoms with Crippen LogP contribution in [0.4, 0.5) is 0 Å². The molecule has 4 atom stereocenters. The van der Waals surface area contributed by atoms with E-state index in [2.05, 4.69) is 5.32 Å². The highest BCUT2D eigenvalue weighted by atomic mass is 16.3. The van der Waals surface area contributed by atoms with Crippen molar-refractivity contribution in [2.45, 2.75) is 57.1 Å². The molecule has 0 aromatic rings. The molecule has 0 aliphatic heterocycles. The summed E-state index contributed by atoms with van der Waals surface area (Å²) in [6, 6.07) is 0.0261. The Labute approximate surface area is 96.6 Å². The number of rotatable bonds is 2. The molecule has 2 unspecified atom stereocenters. The molecule has 0 radical (unpaired) electrons. The van der Waals surface area contributed by atoms with Gasteiger partial charge in [0.1, 0.15) is 0 Å². The number of hydrogen-bond donors (Lipinski definition) is 2. The van der Waals surface area contributed by atoms with Gasteiger partial charge in [-0.25, -0.2) is 0 Å². The Hall–Kier alpha value is -0.570. The summed E-state index contributed by atoms with van der Waals surface area (Å²) in [5.41, 5.74) is 0. The lowest BCUT2D eigenvalue weighted by atomic mass is 9.91. The van der Waals surface area contributed by atoms with E-state index in [0.717, 1.165) is 50.4 Å². The third kappa shape index (κ3) is 1.97. The Morgan fingerprint density at radius 3 is 2.44 bits per heavy atom. The van der Waals surface area contributed by atoms with Gasteiger partial charge in [0.05, 0.1) is 12.1 Å². The normalized spacial score (nSPS) is 46.2. The quantitative estimate of drug-likeness (QED) is 0.744. The van der Waals surface area contributed by atoms with Gasteiger partial charge in [-0.3, -0.25) is 4.79 Å². The van der Waals surface area contributed by atoms with Crippen LogP contribution >= 0.6 is 0 Å². The largest absolute Gasteiger partial charge is 0.391 e. The van der Waals surface area contributed by atoms with Crippen molar-refractivity contribution in [3.63, 3.8) is 0 Å². The molecule has 2 N–H and O–H groups in total. The van der Waals surface area contributed by atoms with Gasteiger partial charge in [-0.05, 0) is 43.9 Å².